The number of halogens is 1. The summed E-state index contributed by atoms with van der Waals surface area (Å²) < 4.78 is 0. The van der Waals surface area contributed by atoms with Crippen LogP contribution in [0.25, 0.3) is 0 Å². The van der Waals surface area contributed by atoms with Gasteiger partial charge in [-0.3, -0.25) is 5.84 Å². The summed E-state index contributed by atoms with van der Waals surface area (Å²) in [6.45, 7) is 0.206. The third-order valence-electron chi connectivity index (χ3n) is 1.56. The van der Waals surface area contributed by atoms with Crippen molar-refractivity contribution in [1.29, 1.82) is 0 Å². The van der Waals surface area contributed by atoms with Crippen molar-refractivity contribution >= 4 is 5.69 Å². The highest BCUT2D eigenvalue weighted by atomic mass is 35.5. The smallest absolute Gasteiger partial charge is 0.0847 e. The quantitative estimate of drug-likeness (QED) is 0.438. The molecule has 5 N–H and O–H groups in total. The minimum absolute atomic E-state index is 0. The Morgan fingerprint density at radius 2 is 1.83 bits per heavy atom. The standard InChI is InChI=1S/C8H12N2O.ClH/c9-10-8-3-1-7(2-4-8)5-6-11;/h1-4,10-11H,5-6,9H2;1H. The summed E-state index contributed by atoms with van der Waals surface area (Å²) in [4.78, 5) is 0. The van der Waals surface area contributed by atoms with Crippen LogP contribution in [0.1, 0.15) is 5.56 Å². The van der Waals surface area contributed by atoms with Crippen LogP contribution in [0.4, 0.5) is 5.69 Å². The van der Waals surface area contributed by atoms with Gasteiger partial charge in [0.25, 0.3) is 0 Å². The summed E-state index contributed by atoms with van der Waals surface area (Å²) in [5.74, 6) is 3.53. The normalized spacial score (nSPS) is 8.83. The van der Waals surface area contributed by atoms with Crippen LogP contribution in [0.15, 0.2) is 24.3 Å². The number of aliphatic hydroxyl groups is 1. The van der Waals surface area contributed by atoms with Crippen LogP contribution in [0.3, 0.4) is 0 Å². The van der Waals surface area contributed by atoms with Gasteiger partial charge in [-0.25, -0.2) is 5.43 Å². The Morgan fingerprint density at radius 3 is 2.25 bits per heavy atom. The van der Waals surface area contributed by atoms with Gasteiger partial charge >= 0.3 is 0 Å². The van der Waals surface area contributed by atoms with Gasteiger partial charge in [0.05, 0.1) is 5.69 Å². The fourth-order valence-electron chi connectivity index (χ4n) is 0.918. The number of hydrogen-bond acceptors (Lipinski definition) is 2. The van der Waals surface area contributed by atoms with E-state index in [1.165, 1.54) is 0 Å². The molecule has 0 aliphatic heterocycles. The van der Waals surface area contributed by atoms with Gasteiger partial charge in [0.1, 0.15) is 0 Å². The van der Waals surface area contributed by atoms with Crippen LogP contribution >= 0.6 is 0 Å². The molecule has 0 fully saturated rings. The molecule has 0 spiro atoms. The third kappa shape index (κ3) is 3.09. The van der Waals surface area contributed by atoms with Crippen LogP contribution in [0.2, 0.25) is 0 Å². The molecule has 0 aliphatic rings. The summed E-state index contributed by atoms with van der Waals surface area (Å²) in [7, 11) is 0. The van der Waals surface area contributed by atoms with Crippen molar-refractivity contribution in [3.63, 3.8) is 0 Å². The molecule has 1 aromatic rings. The fourth-order valence-corrected chi connectivity index (χ4v) is 0.918. The monoisotopic (exact) mass is 188 g/mol. The van der Waals surface area contributed by atoms with Crippen molar-refractivity contribution in [1.82, 2.24) is 0 Å². The van der Waals surface area contributed by atoms with E-state index in [0.29, 0.717) is 0 Å². The molecule has 0 aliphatic carbocycles. The molecule has 0 heterocycles. The first-order valence-electron chi connectivity index (χ1n) is 3.59. The molecular formula is C8H13ClN2O. The zero-order chi connectivity index (χ0) is 8.10. The van der Waals surface area contributed by atoms with E-state index in [2.05, 4.69) is 11.3 Å². The maximum absolute atomic E-state index is 8.62. The van der Waals surface area contributed by atoms with Crippen LogP contribution in [0, 0.1) is 0 Å². The molecule has 12 heavy (non-hydrogen) atoms. The maximum Gasteiger partial charge on any atom is 0.0847 e. The highest BCUT2D eigenvalue weighted by Crippen LogP contribution is 2.07. The largest absolute Gasteiger partial charge is 1.00 e. The van der Waals surface area contributed by atoms with Gasteiger partial charge in [0.15, 0.2) is 0 Å². The summed E-state index contributed by atoms with van der Waals surface area (Å²) in [6.07, 6.45) is 0.720. The number of anilines is 1. The molecular weight excluding hydrogens is 176 g/mol. The third-order valence-corrected chi connectivity index (χ3v) is 1.56. The van der Waals surface area contributed by atoms with Gasteiger partial charge in [-0.15, -0.1) is 0 Å². The number of nitrogens with one attached hydrogen (secondary N) is 1. The first kappa shape index (κ1) is 11.2. The van der Waals surface area contributed by atoms with Crippen molar-refractivity contribution in [3.8, 4) is 0 Å². The fraction of sp³-hybridized carbons (Fsp3) is 0.250. The predicted octanol–water partition coefficient (Wildman–Crippen LogP) is -3.21. The lowest BCUT2D eigenvalue weighted by Crippen LogP contribution is -3.00. The Morgan fingerprint density at radius 1 is 1.25 bits per heavy atom. The summed E-state index contributed by atoms with van der Waals surface area (Å²) in [5.41, 5.74) is 4.92. The molecule has 0 aromatic heterocycles. The minimum atomic E-state index is 0. The Bertz CT molecular complexity index is 213. The molecule has 1 aromatic carbocycles. The van der Waals surface area contributed by atoms with E-state index in [0.717, 1.165) is 17.7 Å². The van der Waals surface area contributed by atoms with Crippen molar-refractivity contribution in [2.24, 2.45) is 0 Å². The van der Waals surface area contributed by atoms with Crippen molar-refractivity contribution in [3.05, 3.63) is 29.8 Å². The van der Waals surface area contributed by atoms with E-state index in [-0.39, 0.29) is 19.0 Å². The van der Waals surface area contributed by atoms with Gasteiger partial charge in [0.2, 0.25) is 0 Å². The van der Waals surface area contributed by atoms with E-state index in [9.17, 15) is 0 Å². The van der Waals surface area contributed by atoms with Crippen molar-refractivity contribution < 1.29 is 23.4 Å². The Kier molecular flexibility index (Phi) is 5.45. The molecule has 68 valence electrons. The number of hydrogen-bond donors (Lipinski definition) is 3. The second kappa shape index (κ2) is 5.83. The van der Waals surface area contributed by atoms with Gasteiger partial charge in [0, 0.05) is 6.61 Å². The lowest BCUT2D eigenvalue weighted by molar-refractivity contribution is -0.325. The topological polar surface area (TPSA) is 59.9 Å². The van der Waals surface area contributed by atoms with E-state index in [1.54, 1.807) is 0 Å². The van der Waals surface area contributed by atoms with Crippen LogP contribution in [0.5, 0.6) is 0 Å². The average Bonchev–Trinajstić information content (AvgIpc) is 2.07. The predicted molar refractivity (Wildman–Crippen MR) is 43.7 cm³/mol. The van der Waals surface area contributed by atoms with Gasteiger partial charge in [-0.05, 0) is 24.1 Å². The Hall–Kier alpha value is -0.770. The van der Waals surface area contributed by atoms with Crippen LogP contribution in [-0.2, 0) is 6.42 Å². The molecule has 0 atom stereocenters. The number of rotatable bonds is 3. The molecule has 1 rings (SSSR count). The summed E-state index contributed by atoms with van der Waals surface area (Å²) >= 11 is 0. The van der Waals surface area contributed by atoms with Gasteiger partial charge in [-0.1, -0.05) is 12.1 Å². The first-order valence-corrected chi connectivity index (χ1v) is 3.59. The molecule has 0 saturated carbocycles. The lowest BCUT2D eigenvalue weighted by atomic mass is 10.1. The molecule has 0 bridgehead atoms. The van der Waals surface area contributed by atoms with Gasteiger partial charge < -0.3 is 17.5 Å². The highest BCUT2D eigenvalue weighted by Gasteiger charge is 1.91. The van der Waals surface area contributed by atoms with E-state index < -0.39 is 0 Å². The molecule has 0 amide bonds. The minimum Gasteiger partial charge on any atom is -1.00 e. The second-order valence-corrected chi connectivity index (χ2v) is 2.35. The average molecular weight is 189 g/mol. The van der Waals surface area contributed by atoms with Crippen molar-refractivity contribution in [2.45, 2.75) is 6.42 Å². The zero-order valence-electron chi connectivity index (χ0n) is 6.76. The highest BCUT2D eigenvalue weighted by molar-refractivity contribution is 5.41. The number of aliphatic hydroxyl groups excluding tert-OH is 1. The van der Waals surface area contributed by atoms with Crippen LogP contribution in [-0.4, -0.2) is 11.7 Å². The van der Waals surface area contributed by atoms with Crippen molar-refractivity contribution in [2.75, 3.05) is 12.0 Å². The van der Waals surface area contributed by atoms with Gasteiger partial charge in [-0.2, -0.15) is 0 Å². The summed E-state index contributed by atoms with van der Waals surface area (Å²) in [5, 5.41) is 8.62. The molecule has 0 saturated heterocycles. The van der Waals surface area contributed by atoms with E-state index >= 15 is 0 Å². The molecule has 0 unspecified atom stereocenters. The summed E-state index contributed by atoms with van der Waals surface area (Å²) in [6, 6.07) is 7.84. The second-order valence-electron chi connectivity index (χ2n) is 2.35. The number of quaternary nitrogens is 1. The van der Waals surface area contributed by atoms with Crippen LogP contribution < -0.4 is 23.7 Å². The Labute approximate surface area is 78.0 Å². The Balaban J connectivity index is 0.00000121. The SMILES string of the molecule is [Cl-].[NH3+]Nc1ccc(CCO)cc1. The van der Waals surface area contributed by atoms with E-state index in [4.69, 9.17) is 5.11 Å². The molecule has 4 heteroatoms. The number of benzene rings is 1. The van der Waals surface area contributed by atoms with E-state index in [1.807, 2.05) is 24.3 Å². The maximum atomic E-state index is 8.62. The molecule has 3 nitrogen and oxygen atoms in total. The first-order chi connectivity index (χ1) is 5.36. The molecule has 0 radical (unpaired) electrons. The lowest BCUT2D eigenvalue weighted by Gasteiger charge is -1.99. The zero-order valence-corrected chi connectivity index (χ0v) is 7.51.